The molecule has 5 N–H and O–H groups in total. The highest BCUT2D eigenvalue weighted by atomic mass is 32.3. The molecule has 8 nitrogen and oxygen atoms in total. The van der Waals surface area contributed by atoms with Gasteiger partial charge in [-0.3, -0.25) is 8.42 Å². The van der Waals surface area contributed by atoms with Gasteiger partial charge in [-0.1, -0.05) is 0 Å². The van der Waals surface area contributed by atoms with Gasteiger partial charge in [-0.15, -0.1) is 0 Å². The maximum absolute atomic E-state index is 8.52. The molecule has 0 atom stereocenters. The van der Waals surface area contributed by atoms with Gasteiger partial charge in [0.1, 0.15) is 26.2 Å². The molecule has 0 aliphatic carbocycles. The van der Waals surface area contributed by atoms with E-state index in [1.807, 2.05) is 0 Å². The molecule has 100 valence electrons. The van der Waals surface area contributed by atoms with Gasteiger partial charge in [0.15, 0.2) is 0 Å². The number of nitrogens with one attached hydrogen (secondary N) is 1. The third-order valence-corrected chi connectivity index (χ3v) is 1.73. The summed E-state index contributed by atoms with van der Waals surface area (Å²) in [6, 6.07) is 0. The molecular formula is C7H20N2O6S. The highest BCUT2D eigenvalue weighted by Crippen LogP contribution is 1.73. The Kier molecular flexibility index (Phi) is 12.7. The Morgan fingerprint density at radius 1 is 1.31 bits per heavy atom. The van der Waals surface area contributed by atoms with E-state index in [1.54, 1.807) is 4.90 Å². The minimum atomic E-state index is -5.17. The number of ether oxygens (including phenoxy) is 1. The van der Waals surface area contributed by atoms with Crippen molar-refractivity contribution in [3.05, 3.63) is 0 Å². The number of quaternary nitrogens is 2. The molecule has 1 rings (SSSR count). The predicted molar refractivity (Wildman–Crippen MR) is 52.8 cm³/mol. The van der Waals surface area contributed by atoms with Gasteiger partial charge in [0, 0.05) is 17.5 Å². The fourth-order valence-corrected chi connectivity index (χ4v) is 1.16. The molecule has 0 aromatic heterocycles. The minimum absolute atomic E-state index is 0.940. The summed E-state index contributed by atoms with van der Waals surface area (Å²) >= 11 is 0. The Bertz CT molecular complexity index is 216. The van der Waals surface area contributed by atoms with Gasteiger partial charge in [-0.05, 0) is 0 Å². The Hall–Kier alpha value is -0.290. The summed E-state index contributed by atoms with van der Waals surface area (Å²) < 4.78 is 39.3. The van der Waals surface area contributed by atoms with Gasteiger partial charge in [0.2, 0.25) is 0 Å². The van der Waals surface area contributed by atoms with Crippen LogP contribution in [0.25, 0.3) is 0 Å². The topological polar surface area (TPSA) is 142 Å². The van der Waals surface area contributed by atoms with E-state index >= 15 is 0 Å². The SMILES string of the molecule is CO.O=S(=O)([O-])[O-].[NH3+]CC[NH+]1CCOCC1. The molecular weight excluding hydrogens is 240 g/mol. The van der Waals surface area contributed by atoms with Crippen molar-refractivity contribution < 1.29 is 38.0 Å². The Labute approximate surface area is 95.6 Å². The van der Waals surface area contributed by atoms with E-state index in [9.17, 15) is 0 Å². The molecule has 16 heavy (non-hydrogen) atoms. The van der Waals surface area contributed by atoms with E-state index in [1.165, 1.54) is 19.6 Å². The maximum Gasteiger partial charge on any atom is 0.127 e. The minimum Gasteiger partial charge on any atom is -0.759 e. The molecule has 0 aromatic carbocycles. The molecule has 1 aliphatic rings. The molecule has 0 unspecified atom stereocenters. The fourth-order valence-electron chi connectivity index (χ4n) is 1.16. The summed E-state index contributed by atoms with van der Waals surface area (Å²) in [5, 5.41) is 7.00. The number of hydrogen-bond donors (Lipinski definition) is 3. The zero-order chi connectivity index (χ0) is 13.0. The van der Waals surface area contributed by atoms with Crippen LogP contribution >= 0.6 is 0 Å². The van der Waals surface area contributed by atoms with Crippen LogP contribution in [0.5, 0.6) is 0 Å². The number of aliphatic hydroxyl groups is 1. The van der Waals surface area contributed by atoms with Crippen molar-refractivity contribution in [2.75, 3.05) is 46.5 Å². The van der Waals surface area contributed by atoms with Gasteiger partial charge in [-0.25, -0.2) is 0 Å². The molecule has 1 heterocycles. The lowest BCUT2D eigenvalue weighted by Crippen LogP contribution is -3.15. The van der Waals surface area contributed by atoms with Crippen LogP contribution in [0.3, 0.4) is 0 Å². The first kappa shape index (κ1) is 18.1. The van der Waals surface area contributed by atoms with Gasteiger partial charge < -0.3 is 29.6 Å². The molecule has 0 saturated carbocycles. The average molecular weight is 260 g/mol. The molecule has 0 amide bonds. The van der Waals surface area contributed by atoms with Crippen LogP contribution in [0.1, 0.15) is 0 Å². The van der Waals surface area contributed by atoms with E-state index < -0.39 is 10.4 Å². The largest absolute Gasteiger partial charge is 0.759 e. The maximum atomic E-state index is 8.52. The first-order chi connectivity index (χ1) is 7.43. The summed E-state index contributed by atoms with van der Waals surface area (Å²) in [5.41, 5.74) is 3.82. The van der Waals surface area contributed by atoms with E-state index in [0.717, 1.165) is 26.9 Å². The molecule has 1 fully saturated rings. The first-order valence-corrected chi connectivity index (χ1v) is 6.09. The lowest BCUT2D eigenvalue weighted by molar-refractivity contribution is -0.912. The summed E-state index contributed by atoms with van der Waals surface area (Å²) in [7, 11) is -4.17. The number of morpholine rings is 1. The molecule has 0 spiro atoms. The van der Waals surface area contributed by atoms with Crippen LogP contribution in [0.4, 0.5) is 0 Å². The number of rotatable bonds is 2. The van der Waals surface area contributed by atoms with Crippen molar-refractivity contribution in [3.63, 3.8) is 0 Å². The van der Waals surface area contributed by atoms with Gasteiger partial charge >= 0.3 is 0 Å². The molecule has 9 heteroatoms. The molecule has 0 radical (unpaired) electrons. The van der Waals surface area contributed by atoms with Crippen LogP contribution in [0, 0.1) is 0 Å². The van der Waals surface area contributed by atoms with E-state index in [-0.39, 0.29) is 0 Å². The third kappa shape index (κ3) is 19.3. The zero-order valence-electron chi connectivity index (χ0n) is 9.35. The second-order valence-corrected chi connectivity index (χ2v) is 3.69. The van der Waals surface area contributed by atoms with Crippen molar-refractivity contribution >= 4 is 10.4 Å². The van der Waals surface area contributed by atoms with Crippen LogP contribution < -0.4 is 10.6 Å². The quantitative estimate of drug-likeness (QED) is 0.337. The normalized spacial score (nSPS) is 16.6. The van der Waals surface area contributed by atoms with E-state index in [0.29, 0.717) is 0 Å². The van der Waals surface area contributed by atoms with Crippen molar-refractivity contribution in [1.29, 1.82) is 0 Å². The van der Waals surface area contributed by atoms with Crippen LogP contribution in [0.2, 0.25) is 0 Å². The Morgan fingerprint density at radius 2 is 1.69 bits per heavy atom. The average Bonchev–Trinajstić information content (AvgIpc) is 2.20. The summed E-state index contributed by atoms with van der Waals surface area (Å²) in [6.07, 6.45) is 0. The lowest BCUT2D eigenvalue weighted by Gasteiger charge is -2.21. The second-order valence-electron chi connectivity index (χ2n) is 2.87. The Balaban J connectivity index is 0. The first-order valence-electron chi connectivity index (χ1n) is 4.75. The standard InChI is InChI=1S/C6H14N2O.CH4O.H2O4S/c7-1-2-8-3-5-9-6-4-8;1-2;1-5(2,3)4/h1-7H2;2H,1H3;(H2,1,2,3,4). The second kappa shape index (κ2) is 11.2. The van der Waals surface area contributed by atoms with Crippen molar-refractivity contribution in [1.82, 2.24) is 0 Å². The summed E-state index contributed by atoms with van der Waals surface area (Å²) in [5.74, 6) is 0. The third-order valence-electron chi connectivity index (χ3n) is 1.73. The van der Waals surface area contributed by atoms with Crippen LogP contribution in [0.15, 0.2) is 0 Å². The highest BCUT2D eigenvalue weighted by molar-refractivity contribution is 7.79. The van der Waals surface area contributed by atoms with Gasteiger partial charge in [-0.2, -0.15) is 0 Å². The molecule has 0 aromatic rings. The van der Waals surface area contributed by atoms with Crippen molar-refractivity contribution in [2.45, 2.75) is 0 Å². The smallest absolute Gasteiger partial charge is 0.127 e. The molecule has 1 saturated heterocycles. The van der Waals surface area contributed by atoms with Gasteiger partial charge in [0.05, 0.1) is 13.2 Å². The number of hydrogen-bond acceptors (Lipinski definition) is 6. The zero-order valence-corrected chi connectivity index (χ0v) is 10.2. The highest BCUT2D eigenvalue weighted by Gasteiger charge is 2.11. The monoisotopic (exact) mass is 260 g/mol. The molecule has 0 bridgehead atoms. The fraction of sp³-hybridized carbons (Fsp3) is 1.00. The summed E-state index contributed by atoms with van der Waals surface area (Å²) in [4.78, 5) is 1.65. The van der Waals surface area contributed by atoms with E-state index in [2.05, 4.69) is 5.73 Å². The number of aliphatic hydroxyl groups excluding tert-OH is 1. The van der Waals surface area contributed by atoms with Crippen LogP contribution in [-0.2, 0) is 15.1 Å². The van der Waals surface area contributed by atoms with Crippen LogP contribution in [-0.4, -0.2) is 69.1 Å². The van der Waals surface area contributed by atoms with Gasteiger partial charge in [0.25, 0.3) is 0 Å². The van der Waals surface area contributed by atoms with E-state index in [4.69, 9.17) is 27.4 Å². The Morgan fingerprint density at radius 3 is 2.00 bits per heavy atom. The lowest BCUT2D eigenvalue weighted by atomic mass is 10.4. The predicted octanol–water partition coefficient (Wildman–Crippen LogP) is -4.59. The summed E-state index contributed by atoms with van der Waals surface area (Å²) in [6.45, 7) is 6.49. The van der Waals surface area contributed by atoms with Crippen molar-refractivity contribution in [3.8, 4) is 0 Å². The molecule has 1 aliphatic heterocycles. The van der Waals surface area contributed by atoms with Crippen molar-refractivity contribution in [2.24, 2.45) is 0 Å².